The van der Waals surface area contributed by atoms with Crippen molar-refractivity contribution in [1.29, 1.82) is 0 Å². The molecule has 0 bridgehead atoms. The predicted octanol–water partition coefficient (Wildman–Crippen LogP) is 11.1. The molecule has 0 saturated heterocycles. The largest absolute Gasteiger partial charge is 0.333 e. The van der Waals surface area contributed by atoms with Crippen LogP contribution in [0.15, 0.2) is 151 Å². The number of rotatable bonds is 6. The molecule has 0 fully saturated rings. The summed E-state index contributed by atoms with van der Waals surface area (Å²) in [5.74, 6) is 0.130. The lowest BCUT2D eigenvalue weighted by atomic mass is 9.74. The molecule has 5 aromatic rings. The Bertz CT molecular complexity index is 1780. The van der Waals surface area contributed by atoms with E-state index in [1.807, 2.05) is 0 Å². The van der Waals surface area contributed by atoms with Crippen molar-refractivity contribution < 1.29 is 0 Å². The Hall–Kier alpha value is -5.08. The molecule has 2 aliphatic carbocycles. The maximum Gasteiger partial charge on any atom is 0.0702 e. The van der Waals surface area contributed by atoms with Crippen molar-refractivity contribution in [2.45, 2.75) is 33.7 Å². The number of hydrogen-bond acceptors (Lipinski definition) is 2. The van der Waals surface area contributed by atoms with Gasteiger partial charge in [0.05, 0.1) is 11.7 Å². The van der Waals surface area contributed by atoms with Gasteiger partial charge >= 0.3 is 0 Å². The molecule has 2 heteroatoms. The quantitative estimate of drug-likeness (QED) is 0.200. The fourth-order valence-corrected chi connectivity index (χ4v) is 6.61. The fourth-order valence-electron chi connectivity index (χ4n) is 6.61. The molecule has 0 aliphatic heterocycles. The summed E-state index contributed by atoms with van der Waals surface area (Å²) in [4.78, 5) is 5.01. The molecule has 2 atom stereocenters. The summed E-state index contributed by atoms with van der Waals surface area (Å²) in [5.41, 5.74) is 14.9. The lowest BCUT2D eigenvalue weighted by molar-refractivity contribution is 0.571. The fraction of sp³-hybridized carbons (Fsp3) is 0.143. The molecular formula is C42H38N2. The van der Waals surface area contributed by atoms with Crippen LogP contribution >= 0.6 is 0 Å². The van der Waals surface area contributed by atoms with Gasteiger partial charge in [-0.05, 0) is 87.4 Å². The SMILES string of the molecule is Cc1ccc(N(C2=C3C=CC=CC3C(N(c3ccc(C)cc3)c3ccc(C)cc3)c3ccccc32)c2ccc(C)cc2)cc1. The summed E-state index contributed by atoms with van der Waals surface area (Å²) >= 11 is 0. The van der Waals surface area contributed by atoms with Gasteiger partial charge in [-0.2, -0.15) is 0 Å². The maximum absolute atomic E-state index is 2.55. The van der Waals surface area contributed by atoms with Crippen molar-refractivity contribution in [2.24, 2.45) is 5.92 Å². The third-order valence-electron chi connectivity index (χ3n) is 8.92. The highest BCUT2D eigenvalue weighted by molar-refractivity contribution is 5.93. The number of nitrogens with zero attached hydrogens (tertiary/aromatic N) is 2. The Balaban J connectivity index is 1.49. The summed E-state index contributed by atoms with van der Waals surface area (Å²) in [6, 6.07) is 44.9. The average Bonchev–Trinajstić information content (AvgIpc) is 3.05. The topological polar surface area (TPSA) is 6.48 Å². The molecule has 0 radical (unpaired) electrons. The van der Waals surface area contributed by atoms with E-state index in [0.717, 1.165) is 11.4 Å². The van der Waals surface area contributed by atoms with E-state index in [2.05, 4.69) is 183 Å². The van der Waals surface area contributed by atoms with Gasteiger partial charge in [-0.3, -0.25) is 0 Å². The summed E-state index contributed by atoms with van der Waals surface area (Å²) in [7, 11) is 0. The van der Waals surface area contributed by atoms with E-state index in [9.17, 15) is 0 Å². The van der Waals surface area contributed by atoms with E-state index in [4.69, 9.17) is 0 Å². The van der Waals surface area contributed by atoms with Crippen LogP contribution in [-0.2, 0) is 0 Å². The number of benzene rings is 5. The van der Waals surface area contributed by atoms with Crippen molar-refractivity contribution in [3.8, 4) is 0 Å². The summed E-state index contributed by atoms with van der Waals surface area (Å²) in [6.45, 7) is 8.61. The highest BCUT2D eigenvalue weighted by Crippen LogP contribution is 2.53. The second-order valence-corrected chi connectivity index (χ2v) is 12.2. The van der Waals surface area contributed by atoms with Gasteiger partial charge in [-0.25, -0.2) is 0 Å². The van der Waals surface area contributed by atoms with Crippen LogP contribution in [-0.4, -0.2) is 0 Å². The Labute approximate surface area is 261 Å². The average molecular weight is 571 g/mol. The molecule has 0 heterocycles. The van der Waals surface area contributed by atoms with Gasteiger partial charge in [0.2, 0.25) is 0 Å². The summed E-state index contributed by atoms with van der Waals surface area (Å²) < 4.78 is 0. The van der Waals surface area contributed by atoms with Crippen LogP contribution in [0, 0.1) is 33.6 Å². The van der Waals surface area contributed by atoms with E-state index in [-0.39, 0.29) is 12.0 Å². The highest BCUT2D eigenvalue weighted by Gasteiger charge is 2.40. The molecule has 0 saturated carbocycles. The number of fused-ring (bicyclic) bond motifs is 2. The number of anilines is 4. The first-order valence-corrected chi connectivity index (χ1v) is 15.5. The van der Waals surface area contributed by atoms with Gasteiger partial charge < -0.3 is 9.80 Å². The van der Waals surface area contributed by atoms with Gasteiger partial charge in [0.15, 0.2) is 0 Å². The first-order valence-electron chi connectivity index (χ1n) is 15.5. The Morgan fingerprint density at radius 1 is 0.477 bits per heavy atom. The predicted molar refractivity (Wildman–Crippen MR) is 187 cm³/mol. The van der Waals surface area contributed by atoms with Crippen LogP contribution in [0.1, 0.15) is 39.4 Å². The van der Waals surface area contributed by atoms with Crippen molar-refractivity contribution in [2.75, 3.05) is 9.80 Å². The molecular weight excluding hydrogens is 532 g/mol. The monoisotopic (exact) mass is 570 g/mol. The Morgan fingerprint density at radius 2 is 0.932 bits per heavy atom. The van der Waals surface area contributed by atoms with Crippen molar-refractivity contribution in [3.63, 3.8) is 0 Å². The Morgan fingerprint density at radius 3 is 1.43 bits per heavy atom. The van der Waals surface area contributed by atoms with Crippen LogP contribution in [0.2, 0.25) is 0 Å². The van der Waals surface area contributed by atoms with E-state index in [1.54, 1.807) is 0 Å². The van der Waals surface area contributed by atoms with Gasteiger partial charge in [0.25, 0.3) is 0 Å². The van der Waals surface area contributed by atoms with Crippen LogP contribution < -0.4 is 9.80 Å². The zero-order chi connectivity index (χ0) is 30.2. The molecule has 2 unspecified atom stereocenters. The minimum Gasteiger partial charge on any atom is -0.333 e. The maximum atomic E-state index is 2.55. The number of allylic oxidation sites excluding steroid dienone is 3. The molecule has 5 aromatic carbocycles. The smallest absolute Gasteiger partial charge is 0.0702 e. The third-order valence-corrected chi connectivity index (χ3v) is 8.92. The molecule has 44 heavy (non-hydrogen) atoms. The van der Waals surface area contributed by atoms with Crippen molar-refractivity contribution in [1.82, 2.24) is 0 Å². The van der Waals surface area contributed by atoms with Gasteiger partial charge in [-0.1, -0.05) is 119 Å². The minimum atomic E-state index is 0.0643. The van der Waals surface area contributed by atoms with E-state index in [0.29, 0.717) is 0 Å². The normalized spacial score (nSPS) is 16.8. The zero-order valence-corrected chi connectivity index (χ0v) is 25.9. The van der Waals surface area contributed by atoms with Gasteiger partial charge in [0.1, 0.15) is 0 Å². The van der Waals surface area contributed by atoms with E-state index < -0.39 is 0 Å². The van der Waals surface area contributed by atoms with E-state index >= 15 is 0 Å². The molecule has 0 spiro atoms. The van der Waals surface area contributed by atoms with Gasteiger partial charge in [-0.15, -0.1) is 0 Å². The number of hydrogen-bond donors (Lipinski definition) is 0. The standard InChI is InChI=1S/C42H38N2/c1-29-13-21-33(22-14-29)43(34-23-15-30(2)16-24-34)41-37-9-5-7-11-39(37)42(40-12-8-6-10-38(40)41)44(35-25-17-31(3)18-26-35)36-27-19-32(4)20-28-36/h5-28,37,41H,1-4H3. The van der Waals surface area contributed by atoms with Crippen molar-refractivity contribution in [3.05, 3.63) is 185 Å². The lowest BCUT2D eigenvalue weighted by Gasteiger charge is -2.45. The third kappa shape index (κ3) is 5.07. The van der Waals surface area contributed by atoms with Crippen LogP contribution in [0.4, 0.5) is 22.7 Å². The molecule has 0 aromatic heterocycles. The first kappa shape index (κ1) is 27.7. The molecule has 2 aliphatic rings. The van der Waals surface area contributed by atoms with Crippen LogP contribution in [0.3, 0.4) is 0 Å². The lowest BCUT2D eigenvalue weighted by Crippen LogP contribution is -2.36. The summed E-state index contributed by atoms with van der Waals surface area (Å²) in [5, 5.41) is 0. The molecule has 2 nitrogen and oxygen atoms in total. The Kier molecular flexibility index (Phi) is 7.28. The van der Waals surface area contributed by atoms with Crippen molar-refractivity contribution >= 4 is 28.4 Å². The minimum absolute atomic E-state index is 0.0643. The summed E-state index contributed by atoms with van der Waals surface area (Å²) in [6.07, 6.45) is 9.15. The number of aryl methyl sites for hydroxylation is 4. The molecule has 0 N–H and O–H groups in total. The molecule has 0 amide bonds. The van der Waals surface area contributed by atoms with Crippen LogP contribution in [0.5, 0.6) is 0 Å². The highest BCUT2D eigenvalue weighted by atomic mass is 15.2. The molecule has 216 valence electrons. The van der Waals surface area contributed by atoms with Gasteiger partial charge in [0, 0.05) is 34.2 Å². The second kappa shape index (κ2) is 11.5. The molecule has 7 rings (SSSR count). The zero-order valence-electron chi connectivity index (χ0n) is 25.9. The second-order valence-electron chi connectivity index (χ2n) is 12.2. The van der Waals surface area contributed by atoms with E-state index in [1.165, 1.54) is 56.0 Å². The van der Waals surface area contributed by atoms with Crippen LogP contribution in [0.25, 0.3) is 5.70 Å². The first-order chi connectivity index (χ1) is 21.5.